The van der Waals surface area contributed by atoms with Gasteiger partial charge in [-0.25, -0.2) is 4.98 Å². The van der Waals surface area contributed by atoms with Crippen LogP contribution in [0.2, 0.25) is 0 Å². The fraction of sp³-hybridized carbons (Fsp3) is 0.193. The number of para-hydroxylation sites is 4. The standard InChI is InChI=1S/C88H73N3O4/c1-84(2,3)50-29-36-54(37-30-50)90(55-38-31-51(32-39-55)85(4,5)6)65-47-63-80(76-59-23-15-19-27-69(59)94-82(65)76)81-64(88(63)61-42-44-71-74(57-21-13-17-25-67(57)92-71)78(61)79-62(88)43-45-72-75(79)58-22-14-18-26-68(58)93-72)48-66(83-77(81)60-24-16-20-28-70(60)95-83)91(56-40-33-52(34-41-56)86(7,8)9)73-46-35-53(49-89-73)87(10,11)12/h13-49H,1-12H3. The van der Waals surface area contributed by atoms with Gasteiger partial charge in [0.1, 0.15) is 39.3 Å². The van der Waals surface area contributed by atoms with Crippen molar-refractivity contribution in [2.24, 2.45) is 0 Å². The maximum Gasteiger partial charge on any atom is 0.160 e. The Hall–Kier alpha value is -10.6. The van der Waals surface area contributed by atoms with Gasteiger partial charge in [-0.3, -0.25) is 4.90 Å². The Labute approximate surface area is 552 Å². The summed E-state index contributed by atoms with van der Waals surface area (Å²) in [5, 5.41) is 8.32. The molecule has 0 saturated carbocycles. The summed E-state index contributed by atoms with van der Waals surface area (Å²) in [7, 11) is 0. The van der Waals surface area contributed by atoms with E-state index in [1.165, 1.54) is 16.7 Å². The van der Waals surface area contributed by atoms with Crippen LogP contribution in [0.3, 0.4) is 0 Å². The molecule has 0 radical (unpaired) electrons. The van der Waals surface area contributed by atoms with Crippen LogP contribution >= 0.6 is 0 Å². The minimum atomic E-state index is -1.06. The molecule has 0 saturated heterocycles. The van der Waals surface area contributed by atoms with E-state index < -0.39 is 5.41 Å². The minimum absolute atomic E-state index is 0.0744. The highest BCUT2D eigenvalue weighted by Crippen LogP contribution is 2.70. The van der Waals surface area contributed by atoms with E-state index in [2.05, 4.69) is 317 Å². The van der Waals surface area contributed by atoms with Gasteiger partial charge >= 0.3 is 0 Å². The maximum absolute atomic E-state index is 7.60. The number of pyridine rings is 1. The summed E-state index contributed by atoms with van der Waals surface area (Å²) in [4.78, 5) is 10.3. The molecule has 11 aromatic carbocycles. The van der Waals surface area contributed by atoms with Gasteiger partial charge in [0.05, 0.1) is 16.8 Å². The first-order valence-corrected chi connectivity index (χ1v) is 33.4. The van der Waals surface area contributed by atoms with Crippen LogP contribution in [0.15, 0.2) is 242 Å². The van der Waals surface area contributed by atoms with E-state index in [0.29, 0.717) is 0 Å². The molecule has 7 heteroatoms. The molecule has 5 heterocycles. The summed E-state index contributed by atoms with van der Waals surface area (Å²) in [5.41, 5.74) is 23.7. The second kappa shape index (κ2) is 19.7. The number of hydrogen-bond donors (Lipinski definition) is 0. The minimum Gasteiger partial charge on any atom is -0.456 e. The van der Waals surface area contributed by atoms with Crippen LogP contribution in [-0.4, -0.2) is 4.98 Å². The van der Waals surface area contributed by atoms with Crippen LogP contribution in [0, 0.1) is 0 Å². The van der Waals surface area contributed by atoms with Gasteiger partial charge in [0.15, 0.2) is 11.2 Å². The summed E-state index contributed by atoms with van der Waals surface area (Å²) in [6, 6.07) is 80.4. The van der Waals surface area contributed by atoms with Crippen molar-refractivity contribution < 1.29 is 17.7 Å². The van der Waals surface area contributed by atoms with Crippen LogP contribution in [-0.2, 0) is 27.1 Å². The molecular formula is C88H73N3O4. The van der Waals surface area contributed by atoms with E-state index in [9.17, 15) is 0 Å². The molecule has 2 aliphatic rings. The van der Waals surface area contributed by atoms with Gasteiger partial charge in [-0.15, -0.1) is 0 Å². The first-order chi connectivity index (χ1) is 45.6. The lowest BCUT2D eigenvalue weighted by molar-refractivity contribution is 0.587. The third-order valence-corrected chi connectivity index (χ3v) is 20.8. The van der Waals surface area contributed by atoms with E-state index >= 15 is 0 Å². The summed E-state index contributed by atoms with van der Waals surface area (Å²) in [6.45, 7) is 27.3. The first-order valence-electron chi connectivity index (χ1n) is 33.4. The first kappa shape index (κ1) is 57.1. The van der Waals surface area contributed by atoms with Gasteiger partial charge in [-0.1, -0.05) is 210 Å². The van der Waals surface area contributed by atoms with Gasteiger partial charge in [-0.2, -0.15) is 0 Å². The third-order valence-electron chi connectivity index (χ3n) is 20.8. The van der Waals surface area contributed by atoms with Crippen molar-refractivity contribution in [3.63, 3.8) is 0 Å². The topological polar surface area (TPSA) is 71.9 Å². The SMILES string of the molecule is CC(C)(C)c1ccc(N(c2ccc(C(C)(C)C)cc2)c2cc3c(c4c2oc2ccccc24)-c2c(cc(N(c4ccc(C(C)(C)C)cc4)c4ccc(C(C)(C)C)cn4)c4oc5ccccc5c24)C32c3ccc4oc5ccccc5c4c3-c3c2ccc2oc4ccccc4c32)cc1. The molecule has 464 valence electrons. The van der Waals surface area contributed by atoms with Crippen LogP contribution < -0.4 is 9.80 Å². The predicted molar refractivity (Wildman–Crippen MR) is 394 cm³/mol. The van der Waals surface area contributed by atoms with Gasteiger partial charge in [0.2, 0.25) is 0 Å². The molecule has 0 amide bonds. The van der Waals surface area contributed by atoms with Gasteiger partial charge < -0.3 is 22.6 Å². The molecule has 18 rings (SSSR count). The van der Waals surface area contributed by atoms with Crippen molar-refractivity contribution in [1.29, 1.82) is 0 Å². The molecule has 95 heavy (non-hydrogen) atoms. The molecule has 0 bridgehead atoms. The lowest BCUT2D eigenvalue weighted by Gasteiger charge is -2.33. The van der Waals surface area contributed by atoms with E-state index in [-0.39, 0.29) is 21.7 Å². The molecule has 16 aromatic rings. The van der Waals surface area contributed by atoms with Crippen molar-refractivity contribution in [3.8, 4) is 22.3 Å². The molecule has 0 unspecified atom stereocenters. The van der Waals surface area contributed by atoms with Crippen LogP contribution in [0.4, 0.5) is 34.3 Å². The van der Waals surface area contributed by atoms with E-state index in [4.69, 9.17) is 22.7 Å². The van der Waals surface area contributed by atoms with Crippen LogP contribution in [0.25, 0.3) is 110 Å². The van der Waals surface area contributed by atoms with Crippen molar-refractivity contribution in [2.75, 3.05) is 9.80 Å². The Morgan fingerprint density at radius 2 is 0.621 bits per heavy atom. The van der Waals surface area contributed by atoms with Gasteiger partial charge in [0, 0.05) is 66.3 Å². The number of benzene rings is 11. The van der Waals surface area contributed by atoms with Gasteiger partial charge in [0.25, 0.3) is 0 Å². The molecule has 0 fully saturated rings. The summed E-state index contributed by atoms with van der Waals surface area (Å²) >= 11 is 0. The monoisotopic (exact) mass is 1240 g/mol. The van der Waals surface area contributed by atoms with E-state index in [1.807, 2.05) is 0 Å². The van der Waals surface area contributed by atoms with E-state index in [1.54, 1.807) is 0 Å². The molecule has 0 aliphatic heterocycles. The molecular weight excluding hydrogens is 1160 g/mol. The average molecular weight is 1240 g/mol. The summed E-state index contributed by atoms with van der Waals surface area (Å²) < 4.78 is 29.2. The third kappa shape index (κ3) is 8.21. The van der Waals surface area contributed by atoms with Crippen LogP contribution in [0.1, 0.15) is 128 Å². The normalized spacial score (nSPS) is 13.8. The number of fused-ring (bicyclic) bond motifs is 26. The quantitative estimate of drug-likeness (QED) is 0.164. The Bertz CT molecular complexity index is 5390. The number of furan rings is 4. The molecule has 0 N–H and O–H groups in total. The molecule has 5 aromatic heterocycles. The zero-order valence-corrected chi connectivity index (χ0v) is 55.8. The predicted octanol–water partition coefficient (Wildman–Crippen LogP) is 25.2. The number of hydrogen-bond acceptors (Lipinski definition) is 7. The largest absolute Gasteiger partial charge is 0.456 e. The Morgan fingerprint density at radius 3 is 0.989 bits per heavy atom. The van der Waals surface area contributed by atoms with Crippen molar-refractivity contribution in [3.05, 3.63) is 269 Å². The van der Waals surface area contributed by atoms with Gasteiger partial charge in [-0.05, 0) is 179 Å². The zero-order chi connectivity index (χ0) is 65.0. The molecule has 7 nitrogen and oxygen atoms in total. The lowest BCUT2D eigenvalue weighted by atomic mass is 9.70. The smallest absolute Gasteiger partial charge is 0.160 e. The van der Waals surface area contributed by atoms with Crippen molar-refractivity contribution in [2.45, 2.75) is 110 Å². The fourth-order valence-corrected chi connectivity index (χ4v) is 16.0. The Morgan fingerprint density at radius 1 is 0.295 bits per heavy atom. The maximum atomic E-state index is 7.60. The van der Waals surface area contributed by atoms with Crippen molar-refractivity contribution >= 4 is 122 Å². The highest BCUT2D eigenvalue weighted by atomic mass is 16.3. The second-order valence-electron chi connectivity index (χ2n) is 30.6. The highest BCUT2D eigenvalue weighted by Gasteiger charge is 2.56. The van der Waals surface area contributed by atoms with Crippen LogP contribution in [0.5, 0.6) is 0 Å². The summed E-state index contributed by atoms with van der Waals surface area (Å²) in [5.74, 6) is 0.772. The number of anilines is 6. The van der Waals surface area contributed by atoms with E-state index in [0.717, 1.165) is 172 Å². The molecule has 1 spiro atoms. The Balaban J connectivity index is 1.07. The number of rotatable bonds is 6. The lowest BCUT2D eigenvalue weighted by Crippen LogP contribution is -2.27. The summed E-state index contributed by atoms with van der Waals surface area (Å²) in [6.07, 6.45) is 2.05. The number of nitrogens with zero attached hydrogens (tertiary/aromatic N) is 3. The van der Waals surface area contributed by atoms with Crippen molar-refractivity contribution in [1.82, 2.24) is 4.98 Å². The Kier molecular flexibility index (Phi) is 11.8. The number of aromatic nitrogens is 1. The molecule has 0 atom stereocenters. The highest BCUT2D eigenvalue weighted by molar-refractivity contribution is 6.30. The zero-order valence-electron chi connectivity index (χ0n) is 55.8. The second-order valence-corrected chi connectivity index (χ2v) is 30.6. The molecule has 2 aliphatic carbocycles. The average Bonchev–Trinajstić information content (AvgIpc) is 1.48. The fourth-order valence-electron chi connectivity index (χ4n) is 16.0.